The fraction of sp³-hybridized carbons (Fsp3) is 0.294. The maximum Gasteiger partial charge on any atom is 0.0975 e. The Bertz CT molecular complexity index is 510. The molecule has 2 nitrogen and oxygen atoms in total. The first-order chi connectivity index (χ1) is 9.22. The van der Waals surface area contributed by atoms with Gasteiger partial charge in [0.1, 0.15) is 0 Å². The molecule has 2 aromatic rings. The van der Waals surface area contributed by atoms with Gasteiger partial charge in [-0.15, -0.1) is 0 Å². The third-order valence-electron chi connectivity index (χ3n) is 3.49. The van der Waals surface area contributed by atoms with Crippen LogP contribution in [0.4, 0.5) is 0 Å². The number of methoxy groups -OCH3 is 1. The third kappa shape index (κ3) is 3.43. The molecule has 2 atom stereocenters. The van der Waals surface area contributed by atoms with Gasteiger partial charge in [-0.1, -0.05) is 54.6 Å². The van der Waals surface area contributed by atoms with Gasteiger partial charge in [0.2, 0.25) is 0 Å². The summed E-state index contributed by atoms with van der Waals surface area (Å²) in [6.07, 6.45) is 0.751. The molecule has 2 aromatic carbocycles. The van der Waals surface area contributed by atoms with Crippen LogP contribution in [0.15, 0.2) is 54.6 Å². The van der Waals surface area contributed by atoms with Crippen LogP contribution in [-0.2, 0) is 11.2 Å². The Hall–Kier alpha value is -1.64. The van der Waals surface area contributed by atoms with Gasteiger partial charge in [-0.25, -0.2) is 0 Å². The van der Waals surface area contributed by atoms with Crippen molar-refractivity contribution in [2.45, 2.75) is 25.5 Å². The largest absolute Gasteiger partial charge is 0.375 e. The number of rotatable bonds is 5. The number of benzene rings is 2. The smallest absolute Gasteiger partial charge is 0.0975 e. The van der Waals surface area contributed by atoms with Crippen molar-refractivity contribution in [3.05, 3.63) is 71.3 Å². The SMILES string of the molecule is COC(c1ccccc1)C(N)Cc1ccccc1C. The Kier molecular flexibility index (Phi) is 4.72. The standard InChI is InChI=1S/C17H21NO/c1-13-8-6-7-11-15(13)12-16(18)17(19-2)14-9-4-3-5-10-14/h3-11,16-17H,12,18H2,1-2H3. The van der Waals surface area contributed by atoms with Gasteiger partial charge in [0.15, 0.2) is 0 Å². The van der Waals surface area contributed by atoms with Gasteiger partial charge in [0.05, 0.1) is 6.10 Å². The Labute approximate surface area is 115 Å². The molecule has 100 valence electrons. The van der Waals surface area contributed by atoms with E-state index in [-0.39, 0.29) is 12.1 Å². The first-order valence-corrected chi connectivity index (χ1v) is 6.60. The zero-order valence-corrected chi connectivity index (χ0v) is 11.5. The molecule has 0 spiro atoms. The third-order valence-corrected chi connectivity index (χ3v) is 3.49. The Morgan fingerprint density at radius 1 is 1.00 bits per heavy atom. The van der Waals surface area contributed by atoms with Crippen LogP contribution in [0.5, 0.6) is 0 Å². The second kappa shape index (κ2) is 6.50. The van der Waals surface area contributed by atoms with Crippen molar-refractivity contribution in [1.29, 1.82) is 0 Å². The minimum absolute atomic E-state index is 0.0477. The monoisotopic (exact) mass is 255 g/mol. The Morgan fingerprint density at radius 2 is 1.63 bits per heavy atom. The van der Waals surface area contributed by atoms with Crippen molar-refractivity contribution in [3.63, 3.8) is 0 Å². The van der Waals surface area contributed by atoms with Crippen LogP contribution in [-0.4, -0.2) is 13.2 Å². The molecule has 2 unspecified atom stereocenters. The van der Waals surface area contributed by atoms with E-state index in [0.29, 0.717) is 0 Å². The summed E-state index contributed by atoms with van der Waals surface area (Å²) in [5, 5.41) is 0. The maximum absolute atomic E-state index is 6.34. The summed E-state index contributed by atoms with van der Waals surface area (Å²) >= 11 is 0. The van der Waals surface area contributed by atoms with Gasteiger partial charge in [-0.05, 0) is 30.0 Å². The summed E-state index contributed by atoms with van der Waals surface area (Å²) in [6.45, 7) is 2.12. The molecule has 0 aliphatic rings. The number of aryl methyl sites for hydroxylation is 1. The first-order valence-electron chi connectivity index (χ1n) is 6.60. The number of hydrogen-bond acceptors (Lipinski definition) is 2. The van der Waals surface area contributed by atoms with Gasteiger partial charge >= 0.3 is 0 Å². The molecule has 0 bridgehead atoms. The lowest BCUT2D eigenvalue weighted by Gasteiger charge is -2.23. The molecule has 0 amide bonds. The molecule has 0 aliphatic carbocycles. The van der Waals surface area contributed by atoms with Gasteiger partial charge in [0, 0.05) is 13.2 Å². The molecular formula is C17H21NO. The number of ether oxygens (including phenoxy) is 1. The van der Waals surface area contributed by atoms with Crippen LogP contribution >= 0.6 is 0 Å². The minimum atomic E-state index is -0.0687. The highest BCUT2D eigenvalue weighted by atomic mass is 16.5. The minimum Gasteiger partial charge on any atom is -0.375 e. The van der Waals surface area contributed by atoms with Crippen LogP contribution in [0.1, 0.15) is 22.8 Å². The van der Waals surface area contributed by atoms with Gasteiger partial charge in [0.25, 0.3) is 0 Å². The van der Waals surface area contributed by atoms with Crippen LogP contribution in [0.2, 0.25) is 0 Å². The number of hydrogen-bond donors (Lipinski definition) is 1. The van der Waals surface area contributed by atoms with Crippen molar-refractivity contribution in [2.75, 3.05) is 7.11 Å². The zero-order chi connectivity index (χ0) is 13.7. The van der Waals surface area contributed by atoms with E-state index in [1.165, 1.54) is 11.1 Å². The summed E-state index contributed by atoms with van der Waals surface area (Å²) in [5.41, 5.74) is 10.0. The van der Waals surface area contributed by atoms with E-state index in [1.54, 1.807) is 7.11 Å². The van der Waals surface area contributed by atoms with Crippen molar-refractivity contribution < 1.29 is 4.74 Å². The van der Waals surface area contributed by atoms with Gasteiger partial charge < -0.3 is 10.5 Å². The van der Waals surface area contributed by atoms with E-state index >= 15 is 0 Å². The molecule has 2 rings (SSSR count). The van der Waals surface area contributed by atoms with Crippen molar-refractivity contribution >= 4 is 0 Å². The highest BCUT2D eigenvalue weighted by Gasteiger charge is 2.19. The molecule has 2 N–H and O–H groups in total. The Morgan fingerprint density at radius 3 is 2.26 bits per heavy atom. The molecule has 0 heterocycles. The lowest BCUT2D eigenvalue weighted by atomic mass is 9.94. The van der Waals surface area contributed by atoms with Crippen molar-refractivity contribution in [1.82, 2.24) is 0 Å². The molecule has 0 radical (unpaired) electrons. The summed E-state index contributed by atoms with van der Waals surface area (Å²) in [4.78, 5) is 0. The van der Waals surface area contributed by atoms with E-state index in [1.807, 2.05) is 18.2 Å². The quantitative estimate of drug-likeness (QED) is 0.890. The summed E-state index contributed by atoms with van der Waals surface area (Å²) in [6, 6.07) is 18.5. The molecule has 0 saturated heterocycles. The topological polar surface area (TPSA) is 35.2 Å². The van der Waals surface area contributed by atoms with Crippen molar-refractivity contribution in [2.24, 2.45) is 5.73 Å². The van der Waals surface area contributed by atoms with E-state index in [9.17, 15) is 0 Å². The summed E-state index contributed by atoms with van der Waals surface area (Å²) in [5.74, 6) is 0. The van der Waals surface area contributed by atoms with Crippen molar-refractivity contribution in [3.8, 4) is 0 Å². The van der Waals surface area contributed by atoms with Gasteiger partial charge in [-0.2, -0.15) is 0 Å². The average Bonchev–Trinajstić information content (AvgIpc) is 2.43. The van der Waals surface area contributed by atoms with E-state index in [4.69, 9.17) is 10.5 Å². The summed E-state index contributed by atoms with van der Waals surface area (Å²) < 4.78 is 5.59. The predicted octanol–water partition coefficient (Wildman–Crippen LogP) is 3.25. The van der Waals surface area contributed by atoms with Crippen LogP contribution in [0.25, 0.3) is 0 Å². The highest BCUT2D eigenvalue weighted by Crippen LogP contribution is 2.22. The predicted molar refractivity (Wildman–Crippen MR) is 79.1 cm³/mol. The van der Waals surface area contributed by atoms with Crippen LogP contribution in [0, 0.1) is 6.92 Å². The number of nitrogens with two attached hydrogens (primary N) is 1. The molecular weight excluding hydrogens is 234 g/mol. The van der Waals surface area contributed by atoms with E-state index in [0.717, 1.165) is 12.0 Å². The zero-order valence-electron chi connectivity index (χ0n) is 11.5. The lowest BCUT2D eigenvalue weighted by Crippen LogP contribution is -2.32. The first kappa shape index (κ1) is 13.8. The van der Waals surface area contributed by atoms with Crippen LogP contribution < -0.4 is 5.73 Å². The molecule has 0 saturated carbocycles. The fourth-order valence-electron chi connectivity index (χ4n) is 2.40. The fourth-order valence-corrected chi connectivity index (χ4v) is 2.40. The second-order valence-corrected chi connectivity index (χ2v) is 4.86. The molecule has 0 aromatic heterocycles. The summed E-state index contributed by atoms with van der Waals surface area (Å²) in [7, 11) is 1.72. The lowest BCUT2D eigenvalue weighted by molar-refractivity contribution is 0.0802. The van der Waals surface area contributed by atoms with E-state index < -0.39 is 0 Å². The van der Waals surface area contributed by atoms with E-state index in [2.05, 4.69) is 43.3 Å². The second-order valence-electron chi connectivity index (χ2n) is 4.86. The molecule has 2 heteroatoms. The molecule has 0 aliphatic heterocycles. The average molecular weight is 255 g/mol. The maximum atomic E-state index is 6.34. The Balaban J connectivity index is 2.14. The van der Waals surface area contributed by atoms with Crippen LogP contribution in [0.3, 0.4) is 0 Å². The highest BCUT2D eigenvalue weighted by molar-refractivity contribution is 5.27. The normalized spacial score (nSPS) is 14.1. The van der Waals surface area contributed by atoms with Gasteiger partial charge in [-0.3, -0.25) is 0 Å². The molecule has 19 heavy (non-hydrogen) atoms. The molecule has 0 fully saturated rings.